The molecule has 1 aliphatic heterocycles. The number of hydrogen-bond acceptors (Lipinski definition) is 3. The summed E-state index contributed by atoms with van der Waals surface area (Å²) in [4.78, 5) is 0. The normalized spacial score (nSPS) is 20.8. The van der Waals surface area contributed by atoms with Crippen molar-refractivity contribution in [3.05, 3.63) is 35.9 Å². The summed E-state index contributed by atoms with van der Waals surface area (Å²) in [6.45, 7) is 2.03. The highest BCUT2D eigenvalue weighted by molar-refractivity contribution is 7.89. The van der Waals surface area contributed by atoms with Crippen LogP contribution >= 0.6 is 0 Å². The molecule has 1 aromatic rings. The van der Waals surface area contributed by atoms with Crippen molar-refractivity contribution < 1.29 is 8.42 Å². The van der Waals surface area contributed by atoms with Crippen molar-refractivity contribution in [2.45, 2.75) is 18.8 Å². The summed E-state index contributed by atoms with van der Waals surface area (Å²) in [6.07, 6.45) is 1.60. The van der Waals surface area contributed by atoms with E-state index >= 15 is 0 Å². The molecule has 1 N–H and O–H groups in total. The summed E-state index contributed by atoms with van der Waals surface area (Å²) >= 11 is 0. The lowest BCUT2D eigenvalue weighted by molar-refractivity contribution is 0.471. The second-order valence-electron chi connectivity index (χ2n) is 5.03. The Hall–Kier alpha value is -0.910. The van der Waals surface area contributed by atoms with Crippen LogP contribution in [0.3, 0.4) is 0 Å². The van der Waals surface area contributed by atoms with E-state index in [0.29, 0.717) is 25.4 Å². The highest BCUT2D eigenvalue weighted by Gasteiger charge is 2.31. The van der Waals surface area contributed by atoms with Crippen molar-refractivity contribution in [3.8, 4) is 0 Å². The third kappa shape index (κ3) is 3.78. The highest BCUT2D eigenvalue weighted by Crippen LogP contribution is 2.28. The molecule has 0 amide bonds. The fourth-order valence-corrected chi connectivity index (χ4v) is 4.10. The van der Waals surface area contributed by atoms with E-state index in [-0.39, 0.29) is 5.75 Å². The molecule has 0 spiro atoms. The predicted octanol–water partition coefficient (Wildman–Crippen LogP) is 1.42. The lowest BCUT2D eigenvalue weighted by Gasteiger charge is -2.16. The molecule has 1 aliphatic rings. The highest BCUT2D eigenvalue weighted by atomic mass is 32.2. The van der Waals surface area contributed by atoms with Crippen LogP contribution in [-0.4, -0.2) is 45.2 Å². The van der Waals surface area contributed by atoms with Gasteiger partial charge in [0.1, 0.15) is 0 Å². The maximum atomic E-state index is 12.2. The van der Waals surface area contributed by atoms with E-state index in [0.717, 1.165) is 13.0 Å². The quantitative estimate of drug-likeness (QED) is 0.803. The van der Waals surface area contributed by atoms with Gasteiger partial charge in [0.25, 0.3) is 0 Å². The lowest BCUT2D eigenvalue weighted by Crippen LogP contribution is -2.31. The molecular formula is C14H22N2O2S. The molecule has 0 bridgehead atoms. The van der Waals surface area contributed by atoms with Gasteiger partial charge in [-0.1, -0.05) is 30.3 Å². The van der Waals surface area contributed by atoms with Crippen LogP contribution in [0, 0.1) is 0 Å². The second kappa shape index (κ2) is 6.50. The fraction of sp³-hybridized carbons (Fsp3) is 0.571. The zero-order valence-corrected chi connectivity index (χ0v) is 12.2. The summed E-state index contributed by atoms with van der Waals surface area (Å²) < 4.78 is 26.0. The smallest absolute Gasteiger partial charge is 0.214 e. The van der Waals surface area contributed by atoms with Crippen LogP contribution in [0.1, 0.15) is 24.3 Å². The van der Waals surface area contributed by atoms with Gasteiger partial charge in [-0.25, -0.2) is 12.7 Å². The summed E-state index contributed by atoms with van der Waals surface area (Å²) in [5, 5.41) is 2.98. The minimum atomic E-state index is -3.08. The molecule has 106 valence electrons. The first-order valence-electron chi connectivity index (χ1n) is 6.81. The third-order valence-electron chi connectivity index (χ3n) is 3.64. The van der Waals surface area contributed by atoms with Crippen molar-refractivity contribution in [2.75, 3.05) is 32.4 Å². The van der Waals surface area contributed by atoms with Crippen LogP contribution in [0.4, 0.5) is 0 Å². The van der Waals surface area contributed by atoms with Gasteiger partial charge in [0.15, 0.2) is 0 Å². The monoisotopic (exact) mass is 282 g/mol. The summed E-state index contributed by atoms with van der Waals surface area (Å²) in [5.41, 5.74) is 1.25. The molecule has 0 aliphatic carbocycles. The van der Waals surface area contributed by atoms with Crippen molar-refractivity contribution in [2.24, 2.45) is 0 Å². The molecule has 0 saturated carbocycles. The van der Waals surface area contributed by atoms with Gasteiger partial charge in [-0.2, -0.15) is 0 Å². The number of rotatable bonds is 6. The minimum Gasteiger partial charge on any atom is -0.320 e. The molecule has 5 heteroatoms. The minimum absolute atomic E-state index is 0.245. The molecule has 2 rings (SSSR count). The first kappa shape index (κ1) is 14.5. The Morgan fingerprint density at radius 3 is 2.74 bits per heavy atom. The zero-order valence-electron chi connectivity index (χ0n) is 11.4. The molecule has 0 aromatic heterocycles. The van der Waals surface area contributed by atoms with Crippen LogP contribution in [0.5, 0.6) is 0 Å². The Morgan fingerprint density at radius 1 is 1.32 bits per heavy atom. The predicted molar refractivity (Wildman–Crippen MR) is 77.7 cm³/mol. The van der Waals surface area contributed by atoms with Gasteiger partial charge in [-0.15, -0.1) is 0 Å². The summed E-state index contributed by atoms with van der Waals surface area (Å²) in [6, 6.07) is 10.2. The Balaban J connectivity index is 1.94. The van der Waals surface area contributed by atoms with E-state index in [1.807, 2.05) is 25.2 Å². The molecule has 19 heavy (non-hydrogen) atoms. The summed E-state index contributed by atoms with van der Waals surface area (Å²) in [7, 11) is -1.24. The second-order valence-corrected chi connectivity index (χ2v) is 7.12. The van der Waals surface area contributed by atoms with Gasteiger partial charge in [-0.05, 0) is 37.9 Å². The van der Waals surface area contributed by atoms with E-state index in [2.05, 4.69) is 17.4 Å². The van der Waals surface area contributed by atoms with Crippen molar-refractivity contribution in [1.82, 2.24) is 9.62 Å². The molecule has 1 heterocycles. The largest absolute Gasteiger partial charge is 0.320 e. The van der Waals surface area contributed by atoms with Gasteiger partial charge in [-0.3, -0.25) is 0 Å². The van der Waals surface area contributed by atoms with Crippen LogP contribution in [0.15, 0.2) is 30.3 Å². The number of sulfonamides is 1. The first-order valence-corrected chi connectivity index (χ1v) is 8.42. The van der Waals surface area contributed by atoms with E-state index in [1.165, 1.54) is 5.56 Å². The molecule has 1 saturated heterocycles. The number of hydrogen-bond donors (Lipinski definition) is 1. The first-order chi connectivity index (χ1) is 9.13. The van der Waals surface area contributed by atoms with E-state index in [4.69, 9.17) is 0 Å². The Morgan fingerprint density at radius 2 is 2.05 bits per heavy atom. The van der Waals surface area contributed by atoms with Crippen molar-refractivity contribution >= 4 is 10.0 Å². The maximum absolute atomic E-state index is 12.2. The average Bonchev–Trinajstić information content (AvgIpc) is 2.90. The van der Waals surface area contributed by atoms with Gasteiger partial charge in [0.2, 0.25) is 10.0 Å². The number of nitrogens with zero attached hydrogens (tertiary/aromatic N) is 1. The molecule has 1 fully saturated rings. The van der Waals surface area contributed by atoms with Crippen LogP contribution < -0.4 is 5.32 Å². The topological polar surface area (TPSA) is 49.4 Å². The SMILES string of the molecule is CNCCCS(=O)(=O)N1CCC(c2ccccc2)C1. The number of benzene rings is 1. The Labute approximate surface area is 115 Å². The number of nitrogens with one attached hydrogen (secondary N) is 1. The van der Waals surface area contributed by atoms with Gasteiger partial charge in [0, 0.05) is 13.1 Å². The molecule has 4 nitrogen and oxygen atoms in total. The van der Waals surface area contributed by atoms with E-state index in [9.17, 15) is 8.42 Å². The molecule has 0 radical (unpaired) electrons. The lowest BCUT2D eigenvalue weighted by atomic mass is 9.99. The van der Waals surface area contributed by atoms with Gasteiger partial charge < -0.3 is 5.32 Å². The molecule has 1 unspecified atom stereocenters. The zero-order chi connectivity index (χ0) is 13.7. The maximum Gasteiger partial charge on any atom is 0.214 e. The van der Waals surface area contributed by atoms with Crippen LogP contribution in [0.25, 0.3) is 0 Å². The molecular weight excluding hydrogens is 260 g/mol. The fourth-order valence-electron chi connectivity index (χ4n) is 2.54. The third-order valence-corrected chi connectivity index (χ3v) is 5.57. The Kier molecular flexibility index (Phi) is 4.96. The van der Waals surface area contributed by atoms with Gasteiger partial charge in [0.05, 0.1) is 5.75 Å². The van der Waals surface area contributed by atoms with Crippen molar-refractivity contribution in [3.63, 3.8) is 0 Å². The standard InChI is InChI=1S/C14H22N2O2S/c1-15-9-5-11-19(17,18)16-10-8-14(12-16)13-6-3-2-4-7-13/h2-4,6-7,14-15H,5,8-12H2,1H3. The Bertz CT molecular complexity index is 487. The van der Waals surface area contributed by atoms with Crippen molar-refractivity contribution in [1.29, 1.82) is 0 Å². The average molecular weight is 282 g/mol. The summed E-state index contributed by atoms with van der Waals surface area (Å²) in [5.74, 6) is 0.593. The molecule has 1 atom stereocenters. The van der Waals surface area contributed by atoms with E-state index in [1.54, 1.807) is 4.31 Å². The van der Waals surface area contributed by atoms with Crippen LogP contribution in [-0.2, 0) is 10.0 Å². The van der Waals surface area contributed by atoms with Crippen LogP contribution in [0.2, 0.25) is 0 Å². The molecule has 1 aromatic carbocycles. The van der Waals surface area contributed by atoms with Gasteiger partial charge >= 0.3 is 0 Å². The van der Waals surface area contributed by atoms with E-state index < -0.39 is 10.0 Å².